The van der Waals surface area contributed by atoms with Gasteiger partial charge < -0.3 is 34.6 Å². The Hall–Kier alpha value is -2.97. The summed E-state index contributed by atoms with van der Waals surface area (Å²) in [6.07, 6.45) is -0.352. The minimum absolute atomic E-state index is 0.0663. The van der Waals surface area contributed by atoms with Crippen LogP contribution in [0.2, 0.25) is 0 Å². The highest BCUT2D eigenvalue weighted by Gasteiger charge is 2.61. The van der Waals surface area contributed by atoms with Crippen molar-refractivity contribution in [2.75, 3.05) is 20.8 Å². The smallest absolute Gasteiger partial charge is 0.341 e. The van der Waals surface area contributed by atoms with Gasteiger partial charge in [0.2, 0.25) is 0 Å². The van der Waals surface area contributed by atoms with Crippen LogP contribution in [0.25, 0.3) is 0 Å². The summed E-state index contributed by atoms with van der Waals surface area (Å²) in [5.41, 5.74) is -3.10. The maximum absolute atomic E-state index is 12.3. The summed E-state index contributed by atoms with van der Waals surface area (Å²) >= 11 is 0. The Morgan fingerprint density at radius 1 is 0.929 bits per heavy atom. The van der Waals surface area contributed by atoms with Crippen molar-refractivity contribution in [3.63, 3.8) is 0 Å². The van der Waals surface area contributed by atoms with Crippen LogP contribution in [-0.4, -0.2) is 58.4 Å². The number of phenolic OH excluding ortho intramolecular Hbond substituents is 2. The number of aromatic hydroxyl groups is 2. The second-order valence-electron chi connectivity index (χ2n) is 6.83. The van der Waals surface area contributed by atoms with Crippen LogP contribution in [0.1, 0.15) is 11.1 Å². The van der Waals surface area contributed by atoms with Crippen LogP contribution >= 0.6 is 0 Å². The van der Waals surface area contributed by atoms with Crippen LogP contribution in [0.4, 0.5) is 0 Å². The summed E-state index contributed by atoms with van der Waals surface area (Å²) in [7, 11) is 2.77. The van der Waals surface area contributed by atoms with E-state index >= 15 is 0 Å². The van der Waals surface area contributed by atoms with Crippen LogP contribution in [-0.2, 0) is 22.4 Å². The van der Waals surface area contributed by atoms with E-state index in [-0.39, 0.29) is 42.4 Å². The molecular weight excluding hydrogens is 368 g/mol. The zero-order valence-corrected chi connectivity index (χ0v) is 15.5. The molecule has 1 heterocycles. The molecular formula is C20H22O8. The summed E-state index contributed by atoms with van der Waals surface area (Å²) in [5.74, 6) is -0.702. The fraction of sp³-hybridized carbons (Fsp3) is 0.350. The molecule has 1 fully saturated rings. The van der Waals surface area contributed by atoms with Crippen LogP contribution in [0.3, 0.4) is 0 Å². The van der Waals surface area contributed by atoms with Gasteiger partial charge in [-0.3, -0.25) is 0 Å². The number of benzene rings is 2. The average Bonchev–Trinajstić information content (AvgIpc) is 2.89. The molecule has 1 aliphatic rings. The topological polar surface area (TPSA) is 126 Å². The van der Waals surface area contributed by atoms with Gasteiger partial charge in [0.15, 0.2) is 28.6 Å². The summed E-state index contributed by atoms with van der Waals surface area (Å²) in [5, 5.41) is 41.7. The standard InChI is InChI=1S/C20H22O8/c1-26-16-7-12(3-5-14(16)21)9-19(24)11-28-18(23)20(19,25)10-13-4-6-15(22)17(8-13)27-2/h3-8,21-22,24-25H,9-11H2,1-2H3/t19-,20-/m0/s1. The van der Waals surface area contributed by atoms with Gasteiger partial charge in [-0.05, 0) is 35.4 Å². The summed E-state index contributed by atoms with van der Waals surface area (Å²) < 4.78 is 15.1. The van der Waals surface area contributed by atoms with Crippen molar-refractivity contribution in [3.8, 4) is 23.0 Å². The third kappa shape index (κ3) is 3.32. The Labute approximate surface area is 161 Å². The predicted molar refractivity (Wildman–Crippen MR) is 97.6 cm³/mol. The van der Waals surface area contributed by atoms with Crippen molar-refractivity contribution >= 4 is 5.97 Å². The van der Waals surface area contributed by atoms with Gasteiger partial charge in [-0.15, -0.1) is 0 Å². The lowest BCUT2D eigenvalue weighted by molar-refractivity contribution is -0.163. The lowest BCUT2D eigenvalue weighted by Gasteiger charge is -2.33. The van der Waals surface area contributed by atoms with E-state index in [9.17, 15) is 25.2 Å². The molecule has 28 heavy (non-hydrogen) atoms. The SMILES string of the molecule is COc1cc(C[C@]2(O)COC(=O)[C@@]2(O)Cc2ccc(O)c(OC)c2)ccc1O. The molecule has 150 valence electrons. The summed E-state index contributed by atoms with van der Waals surface area (Å²) in [6.45, 7) is -0.388. The first kappa shape index (κ1) is 19.8. The number of carbonyl (C=O) groups excluding carboxylic acids is 1. The van der Waals surface area contributed by atoms with E-state index in [0.717, 1.165) is 0 Å². The lowest BCUT2D eigenvalue weighted by atomic mass is 9.77. The number of methoxy groups -OCH3 is 2. The second-order valence-corrected chi connectivity index (χ2v) is 6.83. The van der Waals surface area contributed by atoms with Crippen LogP contribution in [0.15, 0.2) is 36.4 Å². The molecule has 2 aromatic carbocycles. The highest BCUT2D eigenvalue weighted by atomic mass is 16.6. The number of hydrogen-bond donors (Lipinski definition) is 4. The normalized spacial score (nSPS) is 24.1. The highest BCUT2D eigenvalue weighted by Crippen LogP contribution is 2.39. The van der Waals surface area contributed by atoms with E-state index in [1.54, 1.807) is 6.07 Å². The zero-order chi connectivity index (χ0) is 20.5. The third-order valence-corrected chi connectivity index (χ3v) is 4.99. The number of cyclic esters (lactones) is 1. The van der Waals surface area contributed by atoms with Crippen LogP contribution in [0, 0.1) is 0 Å². The molecule has 0 amide bonds. The molecule has 0 saturated carbocycles. The Balaban J connectivity index is 1.92. The molecule has 1 aliphatic heterocycles. The first-order chi connectivity index (χ1) is 13.2. The molecule has 8 nitrogen and oxygen atoms in total. The van der Waals surface area contributed by atoms with Gasteiger partial charge in [0.1, 0.15) is 12.2 Å². The number of phenols is 2. The lowest BCUT2D eigenvalue weighted by Crippen LogP contribution is -2.58. The fourth-order valence-electron chi connectivity index (χ4n) is 3.34. The van der Waals surface area contributed by atoms with Gasteiger partial charge in [-0.1, -0.05) is 12.1 Å². The Bertz CT molecular complexity index is 896. The Kier molecular flexibility index (Phi) is 5.10. The molecule has 4 N–H and O–H groups in total. The molecule has 0 unspecified atom stereocenters. The molecule has 0 radical (unpaired) electrons. The fourth-order valence-corrected chi connectivity index (χ4v) is 3.34. The highest BCUT2D eigenvalue weighted by molar-refractivity contribution is 5.84. The predicted octanol–water partition coefficient (Wildman–Crippen LogP) is 0.919. The minimum Gasteiger partial charge on any atom is -0.504 e. The van der Waals surface area contributed by atoms with E-state index in [2.05, 4.69) is 0 Å². The molecule has 2 atom stereocenters. The number of hydrogen-bond acceptors (Lipinski definition) is 8. The molecule has 0 aliphatic carbocycles. The van der Waals surface area contributed by atoms with Gasteiger partial charge in [0.25, 0.3) is 0 Å². The quantitative estimate of drug-likeness (QED) is 0.537. The van der Waals surface area contributed by atoms with E-state index in [0.29, 0.717) is 11.1 Å². The number of ether oxygens (including phenoxy) is 3. The molecule has 0 aromatic heterocycles. The second kappa shape index (κ2) is 7.21. The van der Waals surface area contributed by atoms with Gasteiger partial charge in [-0.25, -0.2) is 4.79 Å². The van der Waals surface area contributed by atoms with Crippen LogP contribution in [0.5, 0.6) is 23.0 Å². The molecule has 0 spiro atoms. The first-order valence-corrected chi connectivity index (χ1v) is 8.56. The van der Waals surface area contributed by atoms with E-state index < -0.39 is 17.2 Å². The van der Waals surface area contributed by atoms with E-state index in [1.165, 1.54) is 44.6 Å². The third-order valence-electron chi connectivity index (χ3n) is 4.99. The van der Waals surface area contributed by atoms with Crippen molar-refractivity contribution < 1.29 is 39.4 Å². The molecule has 2 aromatic rings. The first-order valence-electron chi connectivity index (χ1n) is 8.56. The number of esters is 1. The van der Waals surface area contributed by atoms with E-state index in [1.807, 2.05) is 0 Å². The average molecular weight is 390 g/mol. The summed E-state index contributed by atoms with van der Waals surface area (Å²) in [6, 6.07) is 8.85. The van der Waals surface area contributed by atoms with Gasteiger partial charge in [-0.2, -0.15) is 0 Å². The van der Waals surface area contributed by atoms with E-state index in [4.69, 9.17) is 14.2 Å². The number of aliphatic hydroxyl groups is 2. The summed E-state index contributed by atoms with van der Waals surface area (Å²) in [4.78, 5) is 12.3. The Morgan fingerprint density at radius 2 is 1.43 bits per heavy atom. The number of carbonyl (C=O) groups is 1. The molecule has 3 rings (SSSR count). The maximum atomic E-state index is 12.3. The van der Waals surface area contributed by atoms with Crippen molar-refractivity contribution in [2.24, 2.45) is 0 Å². The van der Waals surface area contributed by atoms with Crippen molar-refractivity contribution in [1.29, 1.82) is 0 Å². The Morgan fingerprint density at radius 3 is 1.93 bits per heavy atom. The van der Waals surface area contributed by atoms with Crippen molar-refractivity contribution in [1.82, 2.24) is 0 Å². The monoisotopic (exact) mass is 390 g/mol. The maximum Gasteiger partial charge on any atom is 0.341 e. The van der Waals surface area contributed by atoms with Crippen molar-refractivity contribution in [3.05, 3.63) is 47.5 Å². The zero-order valence-electron chi connectivity index (χ0n) is 15.5. The van der Waals surface area contributed by atoms with Gasteiger partial charge >= 0.3 is 5.97 Å². The molecule has 0 bridgehead atoms. The largest absolute Gasteiger partial charge is 0.504 e. The van der Waals surface area contributed by atoms with Gasteiger partial charge in [0, 0.05) is 12.8 Å². The van der Waals surface area contributed by atoms with Gasteiger partial charge in [0.05, 0.1) is 14.2 Å². The number of rotatable bonds is 6. The minimum atomic E-state index is -2.21. The molecule has 8 heteroatoms. The van der Waals surface area contributed by atoms with Crippen molar-refractivity contribution in [2.45, 2.75) is 24.0 Å². The van der Waals surface area contributed by atoms with Crippen LogP contribution < -0.4 is 9.47 Å². The molecule has 1 saturated heterocycles.